The van der Waals surface area contributed by atoms with Crippen LogP contribution in [-0.2, 0) is 4.79 Å². The van der Waals surface area contributed by atoms with E-state index in [1.54, 1.807) is 18.2 Å². The quantitative estimate of drug-likeness (QED) is 0.780. The van der Waals surface area contributed by atoms with Crippen LogP contribution in [0, 0.1) is 11.3 Å². The molecule has 20 heavy (non-hydrogen) atoms. The topological polar surface area (TPSA) is 121 Å². The number of benzene rings is 1. The van der Waals surface area contributed by atoms with E-state index in [1.165, 1.54) is 19.1 Å². The second-order valence-electron chi connectivity index (χ2n) is 3.86. The van der Waals surface area contributed by atoms with E-state index in [9.17, 15) is 14.4 Å². The molecular weight excluding hydrogens is 262 g/mol. The maximum Gasteiger partial charge on any atom is 0.349 e. The first-order valence-electron chi connectivity index (χ1n) is 5.53. The summed E-state index contributed by atoms with van der Waals surface area (Å²) < 4.78 is 0.900. The van der Waals surface area contributed by atoms with Crippen molar-refractivity contribution in [2.45, 2.75) is 6.92 Å². The van der Waals surface area contributed by atoms with Crippen molar-refractivity contribution in [2.24, 2.45) is 0 Å². The smallest absolute Gasteiger partial charge is 0.326 e. The molecule has 0 radical (unpaired) electrons. The predicted molar refractivity (Wildman–Crippen MR) is 69.5 cm³/mol. The van der Waals surface area contributed by atoms with Gasteiger partial charge in [0.05, 0.1) is 5.69 Å². The zero-order valence-electron chi connectivity index (χ0n) is 10.4. The van der Waals surface area contributed by atoms with Gasteiger partial charge >= 0.3 is 5.69 Å². The maximum absolute atomic E-state index is 11.6. The highest BCUT2D eigenvalue weighted by Gasteiger charge is 2.07. The Bertz CT molecular complexity index is 811. The van der Waals surface area contributed by atoms with Crippen LogP contribution in [0.2, 0.25) is 0 Å². The van der Waals surface area contributed by atoms with Crippen molar-refractivity contribution >= 4 is 11.6 Å². The molecule has 1 heterocycles. The van der Waals surface area contributed by atoms with E-state index in [0.717, 1.165) is 4.68 Å². The molecule has 0 aliphatic carbocycles. The number of H-pyrrole nitrogens is 1. The molecule has 2 aromatic rings. The lowest BCUT2D eigenvalue weighted by Crippen LogP contribution is -2.33. The van der Waals surface area contributed by atoms with Gasteiger partial charge in [-0.1, -0.05) is 0 Å². The Morgan fingerprint density at radius 2 is 2.00 bits per heavy atom. The fraction of sp³-hybridized carbons (Fsp3) is 0.0833. The van der Waals surface area contributed by atoms with Crippen molar-refractivity contribution in [3.05, 3.63) is 50.8 Å². The summed E-state index contributed by atoms with van der Waals surface area (Å²) in [5.74, 6) is -0.219. The van der Waals surface area contributed by atoms with Crippen molar-refractivity contribution < 1.29 is 4.79 Å². The van der Waals surface area contributed by atoms with Crippen LogP contribution in [0.1, 0.15) is 12.6 Å². The van der Waals surface area contributed by atoms with Crippen molar-refractivity contribution in [3.63, 3.8) is 0 Å². The fourth-order valence-corrected chi connectivity index (χ4v) is 1.54. The summed E-state index contributed by atoms with van der Waals surface area (Å²) in [5.41, 5.74) is -1.07. The number of carbonyl (C=O) groups excluding carboxylic acids is 1. The second kappa shape index (κ2) is 5.19. The minimum atomic E-state index is -0.830. The van der Waals surface area contributed by atoms with E-state index in [0.29, 0.717) is 11.4 Å². The lowest BCUT2D eigenvalue weighted by Gasteiger charge is -2.05. The van der Waals surface area contributed by atoms with Crippen molar-refractivity contribution in [1.29, 1.82) is 5.26 Å². The summed E-state index contributed by atoms with van der Waals surface area (Å²) in [7, 11) is 0. The van der Waals surface area contributed by atoms with E-state index < -0.39 is 16.9 Å². The number of rotatable bonds is 2. The van der Waals surface area contributed by atoms with Crippen LogP contribution >= 0.6 is 0 Å². The Morgan fingerprint density at radius 1 is 1.35 bits per heavy atom. The van der Waals surface area contributed by atoms with Crippen LogP contribution < -0.4 is 16.6 Å². The van der Waals surface area contributed by atoms with Crippen LogP contribution in [0.25, 0.3) is 5.69 Å². The first-order valence-corrected chi connectivity index (χ1v) is 5.53. The van der Waals surface area contributed by atoms with Gasteiger partial charge in [-0.05, 0) is 24.3 Å². The summed E-state index contributed by atoms with van der Waals surface area (Å²) in [6.07, 6.45) is 0. The number of carbonyl (C=O) groups is 1. The standard InChI is InChI=1S/C12H9N5O3/c1-7(18)14-8-2-4-9(5-3-8)17-12(20)15-11(19)10(6-13)16-17/h2-5H,1H3,(H,14,18)(H,15,19,20). The number of nitrogens with zero attached hydrogens (tertiary/aromatic N) is 3. The van der Waals surface area contributed by atoms with Crippen LogP contribution in [0.4, 0.5) is 5.69 Å². The van der Waals surface area contributed by atoms with Gasteiger partial charge in [0.2, 0.25) is 11.6 Å². The molecule has 0 bridgehead atoms. The number of hydrogen-bond donors (Lipinski definition) is 2. The van der Waals surface area contributed by atoms with Crippen molar-refractivity contribution in [2.75, 3.05) is 5.32 Å². The van der Waals surface area contributed by atoms with E-state index in [2.05, 4.69) is 10.4 Å². The van der Waals surface area contributed by atoms with E-state index in [1.807, 2.05) is 4.98 Å². The number of nitriles is 1. The summed E-state index contributed by atoms with van der Waals surface area (Å²) >= 11 is 0. The maximum atomic E-state index is 11.6. The number of aromatic amines is 1. The Balaban J connectivity index is 2.47. The lowest BCUT2D eigenvalue weighted by atomic mass is 10.3. The van der Waals surface area contributed by atoms with Gasteiger partial charge in [0, 0.05) is 12.6 Å². The molecule has 100 valence electrons. The van der Waals surface area contributed by atoms with E-state index >= 15 is 0 Å². The number of anilines is 1. The van der Waals surface area contributed by atoms with E-state index in [4.69, 9.17) is 5.26 Å². The highest BCUT2D eigenvalue weighted by molar-refractivity contribution is 5.88. The lowest BCUT2D eigenvalue weighted by molar-refractivity contribution is -0.114. The average molecular weight is 271 g/mol. The highest BCUT2D eigenvalue weighted by atomic mass is 16.2. The highest BCUT2D eigenvalue weighted by Crippen LogP contribution is 2.10. The van der Waals surface area contributed by atoms with Gasteiger partial charge in [0.1, 0.15) is 6.07 Å². The molecule has 0 spiro atoms. The third-order valence-corrected chi connectivity index (χ3v) is 2.37. The second-order valence-corrected chi connectivity index (χ2v) is 3.86. The molecule has 8 heteroatoms. The minimum absolute atomic E-state index is 0.219. The van der Waals surface area contributed by atoms with Crippen molar-refractivity contribution in [3.8, 4) is 11.8 Å². The van der Waals surface area contributed by atoms with Gasteiger partial charge < -0.3 is 5.32 Å². The number of amides is 1. The molecule has 0 aliphatic heterocycles. The SMILES string of the molecule is CC(=O)Nc1ccc(-n2nc(C#N)c(=O)[nH]c2=O)cc1. The van der Waals surface area contributed by atoms with Gasteiger partial charge in [-0.25, -0.2) is 4.79 Å². The van der Waals surface area contributed by atoms with Gasteiger partial charge in [-0.15, -0.1) is 5.10 Å². The Morgan fingerprint density at radius 3 is 2.55 bits per heavy atom. The predicted octanol–water partition coefficient (Wildman–Crippen LogP) is -0.249. The Hall–Kier alpha value is -3.21. The number of hydrogen-bond acceptors (Lipinski definition) is 5. The summed E-state index contributed by atoms with van der Waals surface area (Å²) in [4.78, 5) is 35.8. The zero-order chi connectivity index (χ0) is 14.7. The third-order valence-electron chi connectivity index (χ3n) is 2.37. The molecule has 2 N–H and O–H groups in total. The Labute approximate surface area is 112 Å². The number of nitrogens with one attached hydrogen (secondary N) is 2. The molecule has 8 nitrogen and oxygen atoms in total. The normalized spacial score (nSPS) is 9.80. The fourth-order valence-electron chi connectivity index (χ4n) is 1.54. The molecule has 1 aromatic heterocycles. The molecule has 0 atom stereocenters. The molecule has 1 amide bonds. The largest absolute Gasteiger partial charge is 0.349 e. The van der Waals surface area contributed by atoms with Gasteiger partial charge in [0.25, 0.3) is 5.56 Å². The minimum Gasteiger partial charge on any atom is -0.326 e. The van der Waals surface area contributed by atoms with Crippen LogP contribution in [-0.4, -0.2) is 20.7 Å². The molecule has 0 saturated carbocycles. The zero-order valence-corrected chi connectivity index (χ0v) is 10.4. The summed E-state index contributed by atoms with van der Waals surface area (Å²) in [6, 6.07) is 7.80. The van der Waals surface area contributed by atoms with E-state index in [-0.39, 0.29) is 5.91 Å². The molecule has 0 aliphatic rings. The van der Waals surface area contributed by atoms with Crippen LogP contribution in [0.3, 0.4) is 0 Å². The van der Waals surface area contributed by atoms with Gasteiger partial charge in [-0.2, -0.15) is 9.94 Å². The average Bonchev–Trinajstić information content (AvgIpc) is 2.39. The molecule has 0 unspecified atom stereocenters. The van der Waals surface area contributed by atoms with Crippen molar-refractivity contribution in [1.82, 2.24) is 14.8 Å². The summed E-state index contributed by atoms with van der Waals surface area (Å²) in [6.45, 7) is 1.38. The van der Waals surface area contributed by atoms with Gasteiger partial charge in [-0.3, -0.25) is 14.6 Å². The Kier molecular flexibility index (Phi) is 3.43. The first-order chi connectivity index (χ1) is 9.51. The number of aromatic nitrogens is 3. The molecule has 2 rings (SSSR count). The third kappa shape index (κ3) is 2.62. The monoisotopic (exact) mass is 271 g/mol. The van der Waals surface area contributed by atoms with Gasteiger partial charge in [0.15, 0.2) is 0 Å². The summed E-state index contributed by atoms with van der Waals surface area (Å²) in [5, 5.41) is 15.0. The molecule has 1 aromatic carbocycles. The van der Waals surface area contributed by atoms with Crippen LogP contribution in [0.15, 0.2) is 33.9 Å². The first kappa shape index (κ1) is 13.2. The molecule has 0 saturated heterocycles. The molecule has 0 fully saturated rings. The van der Waals surface area contributed by atoms with Crippen LogP contribution in [0.5, 0.6) is 0 Å². The molecular formula is C12H9N5O3.